The number of piperidine rings is 1. The van der Waals surface area contributed by atoms with Gasteiger partial charge >= 0.3 is 0 Å². The lowest BCUT2D eigenvalue weighted by Gasteiger charge is -2.32. The summed E-state index contributed by atoms with van der Waals surface area (Å²) in [5.41, 5.74) is 3.19. The topological polar surface area (TPSA) is 85.8 Å². The van der Waals surface area contributed by atoms with E-state index >= 15 is 0 Å². The van der Waals surface area contributed by atoms with Gasteiger partial charge in [0.1, 0.15) is 23.9 Å². The van der Waals surface area contributed by atoms with Crippen molar-refractivity contribution in [1.82, 2.24) is 24.7 Å². The Kier molecular flexibility index (Phi) is 5.34. The minimum absolute atomic E-state index is 0.00584. The number of fused-ring (bicyclic) bond motifs is 1. The van der Waals surface area contributed by atoms with Crippen LogP contribution in [-0.4, -0.2) is 43.7 Å². The maximum atomic E-state index is 13.3. The van der Waals surface area contributed by atoms with Gasteiger partial charge in [-0.25, -0.2) is 0 Å². The SMILES string of the molecule is Cc1noc(C)c1COc1cccc(C(=O)N2CCCC(c3nnc4ccccn34)C2)c1. The van der Waals surface area contributed by atoms with Crippen LogP contribution in [0.25, 0.3) is 5.65 Å². The summed E-state index contributed by atoms with van der Waals surface area (Å²) in [6, 6.07) is 13.2. The molecule has 1 atom stereocenters. The lowest BCUT2D eigenvalue weighted by molar-refractivity contribution is 0.0703. The van der Waals surface area contributed by atoms with E-state index in [2.05, 4.69) is 15.4 Å². The molecule has 4 heterocycles. The van der Waals surface area contributed by atoms with Crippen molar-refractivity contribution in [2.45, 2.75) is 39.2 Å². The number of pyridine rings is 1. The highest BCUT2D eigenvalue weighted by Gasteiger charge is 2.28. The molecule has 1 aliphatic heterocycles. The number of aryl methyl sites for hydroxylation is 2. The van der Waals surface area contributed by atoms with Gasteiger partial charge in [0.25, 0.3) is 5.91 Å². The molecule has 1 unspecified atom stereocenters. The second-order valence-electron chi connectivity index (χ2n) is 8.20. The number of amides is 1. The van der Waals surface area contributed by atoms with Crippen LogP contribution in [0.1, 0.15) is 52.0 Å². The highest BCUT2D eigenvalue weighted by molar-refractivity contribution is 5.94. The fourth-order valence-electron chi connectivity index (χ4n) is 4.28. The summed E-state index contributed by atoms with van der Waals surface area (Å²) in [4.78, 5) is 15.2. The van der Waals surface area contributed by atoms with Gasteiger partial charge in [-0.15, -0.1) is 10.2 Å². The molecule has 164 valence electrons. The predicted octanol–water partition coefficient (Wildman–Crippen LogP) is 3.93. The van der Waals surface area contributed by atoms with E-state index in [0.717, 1.165) is 47.9 Å². The number of hydrogen-bond acceptors (Lipinski definition) is 6. The quantitative estimate of drug-likeness (QED) is 0.476. The van der Waals surface area contributed by atoms with Crippen molar-refractivity contribution in [1.29, 1.82) is 0 Å². The monoisotopic (exact) mass is 431 g/mol. The van der Waals surface area contributed by atoms with Gasteiger partial charge in [0, 0.05) is 30.8 Å². The molecule has 0 radical (unpaired) electrons. The number of ether oxygens (including phenoxy) is 1. The highest BCUT2D eigenvalue weighted by atomic mass is 16.5. The molecular formula is C24H25N5O3. The van der Waals surface area contributed by atoms with Gasteiger partial charge in [0.2, 0.25) is 0 Å². The molecule has 0 N–H and O–H groups in total. The van der Waals surface area contributed by atoms with Crippen molar-refractivity contribution in [3.05, 3.63) is 77.1 Å². The molecule has 1 amide bonds. The Balaban J connectivity index is 1.30. The first-order valence-corrected chi connectivity index (χ1v) is 10.8. The van der Waals surface area contributed by atoms with Gasteiger partial charge in [-0.3, -0.25) is 9.20 Å². The molecule has 1 aliphatic rings. The van der Waals surface area contributed by atoms with Crippen molar-refractivity contribution >= 4 is 11.6 Å². The second-order valence-corrected chi connectivity index (χ2v) is 8.20. The summed E-state index contributed by atoms with van der Waals surface area (Å²) in [5, 5.41) is 12.6. The molecule has 8 nitrogen and oxygen atoms in total. The summed E-state index contributed by atoms with van der Waals surface area (Å²) in [5.74, 6) is 2.47. The zero-order valence-electron chi connectivity index (χ0n) is 18.2. The van der Waals surface area contributed by atoms with Crippen LogP contribution in [0.4, 0.5) is 0 Å². The van der Waals surface area contributed by atoms with Crippen molar-refractivity contribution in [2.24, 2.45) is 0 Å². The van der Waals surface area contributed by atoms with E-state index in [1.165, 1.54) is 0 Å². The van der Waals surface area contributed by atoms with Crippen molar-refractivity contribution in [3.63, 3.8) is 0 Å². The van der Waals surface area contributed by atoms with Crippen LogP contribution in [0.2, 0.25) is 0 Å². The van der Waals surface area contributed by atoms with Crippen LogP contribution in [0, 0.1) is 13.8 Å². The average Bonchev–Trinajstić information content (AvgIpc) is 3.40. The summed E-state index contributed by atoms with van der Waals surface area (Å²) >= 11 is 0. The van der Waals surface area contributed by atoms with Crippen LogP contribution >= 0.6 is 0 Å². The van der Waals surface area contributed by atoms with Gasteiger partial charge < -0.3 is 14.2 Å². The summed E-state index contributed by atoms with van der Waals surface area (Å²) in [7, 11) is 0. The molecule has 0 bridgehead atoms. The van der Waals surface area contributed by atoms with Crippen molar-refractivity contribution in [3.8, 4) is 5.75 Å². The lowest BCUT2D eigenvalue weighted by atomic mass is 9.96. The number of benzene rings is 1. The number of hydrogen-bond donors (Lipinski definition) is 0. The van der Waals surface area contributed by atoms with Crippen LogP contribution in [0.15, 0.2) is 53.2 Å². The molecule has 0 aliphatic carbocycles. The van der Waals surface area contributed by atoms with E-state index in [1.54, 1.807) is 6.07 Å². The third kappa shape index (κ3) is 3.84. The summed E-state index contributed by atoms with van der Waals surface area (Å²) in [6.07, 6.45) is 3.89. The van der Waals surface area contributed by atoms with Crippen LogP contribution in [-0.2, 0) is 6.61 Å². The number of aromatic nitrogens is 4. The molecule has 5 rings (SSSR count). The van der Waals surface area contributed by atoms with E-state index in [4.69, 9.17) is 9.26 Å². The number of carbonyl (C=O) groups is 1. The molecule has 0 spiro atoms. The first-order valence-electron chi connectivity index (χ1n) is 10.8. The first kappa shape index (κ1) is 20.2. The molecule has 3 aromatic heterocycles. The minimum atomic E-state index is 0.00584. The standard InChI is InChI=1S/C24H25N5O3/c1-16-21(17(2)32-27-16)15-31-20-9-5-7-18(13-20)24(30)28-11-6-8-19(14-28)23-26-25-22-10-3-4-12-29(22)23/h3-5,7,9-10,12-13,19H,6,8,11,14-15H2,1-2H3. The van der Waals surface area contributed by atoms with Gasteiger partial charge in [-0.2, -0.15) is 0 Å². The molecule has 1 saturated heterocycles. The molecule has 0 saturated carbocycles. The Morgan fingerprint density at radius 2 is 2.09 bits per heavy atom. The highest BCUT2D eigenvalue weighted by Crippen LogP contribution is 2.28. The first-order chi connectivity index (χ1) is 15.6. The molecule has 1 fully saturated rings. The number of likely N-dealkylation sites (tertiary alicyclic amines) is 1. The minimum Gasteiger partial charge on any atom is -0.489 e. The Hall–Kier alpha value is -3.68. The smallest absolute Gasteiger partial charge is 0.254 e. The maximum absolute atomic E-state index is 13.3. The Bertz CT molecular complexity index is 1240. The van der Waals surface area contributed by atoms with E-state index in [1.807, 2.05) is 65.7 Å². The van der Waals surface area contributed by atoms with E-state index in [-0.39, 0.29) is 11.8 Å². The summed E-state index contributed by atoms with van der Waals surface area (Å²) < 4.78 is 13.1. The Labute approximate surface area is 185 Å². The normalized spacial score (nSPS) is 16.4. The second kappa shape index (κ2) is 8.45. The zero-order valence-corrected chi connectivity index (χ0v) is 18.2. The van der Waals surface area contributed by atoms with Gasteiger partial charge in [0.05, 0.1) is 11.3 Å². The van der Waals surface area contributed by atoms with Crippen LogP contribution in [0.3, 0.4) is 0 Å². The third-order valence-corrected chi connectivity index (χ3v) is 6.06. The largest absolute Gasteiger partial charge is 0.489 e. The van der Waals surface area contributed by atoms with E-state index in [9.17, 15) is 4.79 Å². The maximum Gasteiger partial charge on any atom is 0.254 e. The summed E-state index contributed by atoms with van der Waals surface area (Å²) in [6.45, 7) is 5.46. The molecule has 8 heteroatoms. The fraction of sp³-hybridized carbons (Fsp3) is 0.333. The Morgan fingerprint density at radius 3 is 2.94 bits per heavy atom. The van der Waals surface area contributed by atoms with Gasteiger partial charge in [-0.1, -0.05) is 17.3 Å². The van der Waals surface area contributed by atoms with Gasteiger partial charge in [-0.05, 0) is 57.0 Å². The van der Waals surface area contributed by atoms with Crippen molar-refractivity contribution in [2.75, 3.05) is 13.1 Å². The predicted molar refractivity (Wildman–Crippen MR) is 118 cm³/mol. The number of rotatable bonds is 5. The van der Waals surface area contributed by atoms with Crippen LogP contribution in [0.5, 0.6) is 5.75 Å². The third-order valence-electron chi connectivity index (χ3n) is 6.06. The van der Waals surface area contributed by atoms with Crippen LogP contribution < -0.4 is 4.74 Å². The van der Waals surface area contributed by atoms with Gasteiger partial charge in [0.15, 0.2) is 5.65 Å². The molecular weight excluding hydrogens is 406 g/mol. The molecule has 32 heavy (non-hydrogen) atoms. The Morgan fingerprint density at radius 1 is 1.19 bits per heavy atom. The van der Waals surface area contributed by atoms with Crippen molar-refractivity contribution < 1.29 is 14.1 Å². The molecule has 4 aromatic rings. The molecule has 1 aromatic carbocycles. The number of nitrogens with zero attached hydrogens (tertiary/aromatic N) is 5. The zero-order chi connectivity index (χ0) is 22.1. The average molecular weight is 431 g/mol. The fourth-order valence-corrected chi connectivity index (χ4v) is 4.28. The van der Waals surface area contributed by atoms with E-state index in [0.29, 0.717) is 24.5 Å². The lowest BCUT2D eigenvalue weighted by Crippen LogP contribution is -2.39. The number of carbonyl (C=O) groups excluding carboxylic acids is 1. The van der Waals surface area contributed by atoms with E-state index < -0.39 is 0 Å².